The summed E-state index contributed by atoms with van der Waals surface area (Å²) < 4.78 is 137. The Hall–Kier alpha value is -6.89. The highest BCUT2D eigenvalue weighted by molar-refractivity contribution is 7.23. The number of nitrogens with zero attached hydrogens (tertiary/aromatic N) is 4. The molecule has 59 heavy (non-hydrogen) atoms. The molecule has 7 aromatic carbocycles. The fraction of sp³-hybridized carbons (Fsp3) is 0.113. The van der Waals surface area contributed by atoms with Gasteiger partial charge in [0.05, 0.1) is 32.5 Å². The zero-order valence-corrected chi connectivity index (χ0v) is 31.8. The smallest absolute Gasteiger partial charge is 0.195 e. The number of benzene rings is 7. The first-order valence-electron chi connectivity index (χ1n) is 26.1. The minimum Gasteiger partial charge on any atom is -0.456 e. The minimum absolute atomic E-state index is 0.0376. The molecule has 6 heteroatoms. The number of para-hydroxylation sites is 1. The third-order valence-electron chi connectivity index (χ3n) is 11.6. The third kappa shape index (κ3) is 4.81. The Labute approximate surface area is 366 Å². The van der Waals surface area contributed by atoms with Crippen molar-refractivity contribution in [1.82, 2.24) is 19.4 Å². The summed E-state index contributed by atoms with van der Waals surface area (Å²) in [6.45, 7) is -14.7. The number of aromatic nitrogens is 4. The van der Waals surface area contributed by atoms with Crippen molar-refractivity contribution in [3.8, 4) is 78.7 Å². The third-order valence-corrected chi connectivity index (χ3v) is 12.6. The minimum atomic E-state index is -3.47. The molecule has 0 N–H and O–H groups in total. The average Bonchev–Trinajstić information content (AvgIpc) is 3.89. The van der Waals surface area contributed by atoms with E-state index in [-0.39, 0.29) is 44.9 Å². The molecule has 0 spiro atoms. The predicted molar refractivity (Wildman–Crippen MR) is 243 cm³/mol. The molecule has 0 unspecified atom stereocenters. The summed E-state index contributed by atoms with van der Waals surface area (Å²) in [4.78, 5) is 15.7. The SMILES string of the molecule is [2H]C([2H])c1ccc2c(c1)Oc1c(cc(-c3c(C([2H])([2H])[2H])ccc4c3nc3sc5ccccc5n34)c(C([2H])([2H])[2H])c1-c1ncc3c(n1)-c1ccccc1-c1ccccc1-c1ccccc1-3)C2(C([2H])([2H])[2H])C([2H])([2H])[2H]. The summed E-state index contributed by atoms with van der Waals surface area (Å²) in [6.07, 6.45) is 1.55. The molecule has 0 bridgehead atoms. The first-order chi connectivity index (χ1) is 34.6. The van der Waals surface area contributed by atoms with Crippen molar-refractivity contribution in [2.45, 2.75) is 39.7 Å². The van der Waals surface area contributed by atoms with Gasteiger partial charge in [-0.3, -0.25) is 4.40 Å². The molecule has 10 aromatic rings. The van der Waals surface area contributed by atoms with E-state index in [2.05, 4.69) is 0 Å². The molecule has 0 radical (unpaired) electrons. The number of fused-ring (bicyclic) bond motifs is 15. The van der Waals surface area contributed by atoms with Gasteiger partial charge in [0, 0.05) is 58.6 Å². The van der Waals surface area contributed by atoms with Gasteiger partial charge in [-0.1, -0.05) is 128 Å². The van der Waals surface area contributed by atoms with Gasteiger partial charge in [0.2, 0.25) is 0 Å². The van der Waals surface area contributed by atoms with E-state index >= 15 is 0 Å². The molecule has 3 aromatic heterocycles. The zero-order valence-electron chi connectivity index (χ0n) is 45.0. The van der Waals surface area contributed by atoms with E-state index < -0.39 is 62.1 Å². The summed E-state index contributed by atoms with van der Waals surface area (Å²) in [6, 6.07) is 38.5. The van der Waals surface area contributed by atoms with Crippen LogP contribution in [0.15, 0.2) is 140 Å². The molecule has 0 amide bonds. The van der Waals surface area contributed by atoms with Crippen LogP contribution in [-0.2, 0) is 5.41 Å². The largest absolute Gasteiger partial charge is 0.456 e. The number of ether oxygens (including phenoxy) is 1. The molecule has 0 saturated heterocycles. The van der Waals surface area contributed by atoms with Crippen molar-refractivity contribution < 1.29 is 23.9 Å². The molecule has 2 aliphatic rings. The number of hydrogen-bond donors (Lipinski definition) is 0. The number of thiazole rings is 1. The van der Waals surface area contributed by atoms with Crippen LogP contribution in [0, 0.1) is 20.6 Å². The molecule has 12 rings (SSSR count). The maximum absolute atomic E-state index is 9.50. The van der Waals surface area contributed by atoms with Gasteiger partial charge in [-0.15, -0.1) is 0 Å². The Morgan fingerprint density at radius 1 is 0.627 bits per heavy atom. The van der Waals surface area contributed by atoms with Gasteiger partial charge >= 0.3 is 0 Å². The van der Waals surface area contributed by atoms with E-state index in [4.69, 9.17) is 26.5 Å². The Kier molecular flexibility index (Phi) is 4.78. The van der Waals surface area contributed by atoms with E-state index in [1.165, 1.54) is 35.6 Å². The highest BCUT2D eigenvalue weighted by atomic mass is 32.1. The number of aryl methyl sites for hydroxylation is 2. The van der Waals surface area contributed by atoms with E-state index in [9.17, 15) is 12.3 Å². The predicted octanol–water partition coefficient (Wildman–Crippen LogP) is 14.2. The van der Waals surface area contributed by atoms with Gasteiger partial charge in [0.25, 0.3) is 0 Å². The highest BCUT2D eigenvalue weighted by Gasteiger charge is 2.38. The quantitative estimate of drug-likeness (QED) is 0.175. The van der Waals surface area contributed by atoms with Crippen LogP contribution in [0.25, 0.3) is 93.4 Å². The molecule has 0 atom stereocenters. The Morgan fingerprint density at radius 3 is 2.07 bits per heavy atom. The van der Waals surface area contributed by atoms with Gasteiger partial charge in [-0.25, -0.2) is 15.0 Å². The van der Waals surface area contributed by atoms with Crippen LogP contribution in [-0.4, -0.2) is 19.4 Å². The molecule has 0 fully saturated rings. The summed E-state index contributed by atoms with van der Waals surface area (Å²) in [5, 5.41) is 0. The van der Waals surface area contributed by atoms with E-state index in [0.717, 1.165) is 44.1 Å². The summed E-state index contributed by atoms with van der Waals surface area (Å²) in [5.41, 5.74) is 1.35. The van der Waals surface area contributed by atoms with Gasteiger partial charge in [-0.2, -0.15) is 0 Å². The molecular formula is C53H38N4OS. The Balaban J connectivity index is 1.29. The second kappa shape index (κ2) is 12.3. The number of imidazole rings is 1. The fourth-order valence-electron chi connectivity index (χ4n) is 8.91. The lowest BCUT2D eigenvalue weighted by atomic mass is 9.73. The lowest BCUT2D eigenvalue weighted by molar-refractivity contribution is 0.419. The molecule has 5 nitrogen and oxygen atoms in total. The van der Waals surface area contributed by atoms with Crippen molar-refractivity contribution >= 4 is 37.5 Å². The maximum Gasteiger partial charge on any atom is 0.195 e. The molecule has 1 aliphatic heterocycles. The second-order valence-electron chi connectivity index (χ2n) is 14.9. The number of hydrogen-bond acceptors (Lipinski definition) is 5. The molecular weight excluding hydrogens is 741 g/mol. The van der Waals surface area contributed by atoms with Crippen LogP contribution in [0.5, 0.6) is 11.5 Å². The van der Waals surface area contributed by atoms with Crippen LogP contribution < -0.4 is 4.74 Å². The first kappa shape index (κ1) is 22.9. The van der Waals surface area contributed by atoms with Crippen molar-refractivity contribution in [3.05, 3.63) is 167 Å². The van der Waals surface area contributed by atoms with Crippen molar-refractivity contribution in [1.29, 1.82) is 0 Å². The standard InChI is InChI=1S/C53H38N4OS/c1-29-22-24-40-44(26-29)58-50-41(53(40,4)5)27-38(46-30(2)23-25-43-49(46)56-52-57(43)42-20-12-13-21-45(42)59-52)31(3)47(50)51-54-28-39-36-18-9-8-16-34(36)32-14-6-7-15-33(32)35-17-10-11-19-37(35)48(39)55-51/h6-28H,1-5H3/i1D2,2D3,3D3,4D3,5D3. The first-order valence-corrected chi connectivity index (χ1v) is 19.8. The van der Waals surface area contributed by atoms with Crippen LogP contribution in [0.4, 0.5) is 0 Å². The van der Waals surface area contributed by atoms with E-state index in [0.29, 0.717) is 27.3 Å². The summed E-state index contributed by atoms with van der Waals surface area (Å²) in [5.74, 6) is -1.14. The van der Waals surface area contributed by atoms with Gasteiger partial charge in [-0.05, 0) is 101 Å². The lowest BCUT2D eigenvalue weighted by Gasteiger charge is -2.37. The Morgan fingerprint density at radius 2 is 1.34 bits per heavy atom. The van der Waals surface area contributed by atoms with Crippen molar-refractivity contribution in [3.63, 3.8) is 0 Å². The fourth-order valence-corrected chi connectivity index (χ4v) is 9.94. The van der Waals surface area contributed by atoms with E-state index in [1.54, 1.807) is 12.3 Å². The van der Waals surface area contributed by atoms with Crippen LogP contribution in [0.1, 0.15) is 60.7 Å². The zero-order chi connectivity index (χ0) is 51.3. The number of rotatable bonds is 2. The monoisotopic (exact) mass is 792 g/mol. The van der Waals surface area contributed by atoms with Gasteiger partial charge < -0.3 is 4.74 Å². The second-order valence-corrected chi connectivity index (χ2v) is 15.9. The van der Waals surface area contributed by atoms with Crippen molar-refractivity contribution in [2.24, 2.45) is 0 Å². The molecule has 282 valence electrons. The average molecular weight is 793 g/mol. The highest BCUT2D eigenvalue weighted by Crippen LogP contribution is 2.55. The molecule has 1 aliphatic carbocycles. The molecule has 4 heterocycles. The summed E-state index contributed by atoms with van der Waals surface area (Å²) in [7, 11) is 0. The summed E-state index contributed by atoms with van der Waals surface area (Å²) >= 11 is 1.33. The van der Waals surface area contributed by atoms with Gasteiger partial charge in [0.1, 0.15) is 11.5 Å². The van der Waals surface area contributed by atoms with E-state index in [1.807, 2.05) is 101 Å². The molecule has 0 saturated carbocycles. The lowest BCUT2D eigenvalue weighted by Crippen LogP contribution is -2.25. The van der Waals surface area contributed by atoms with Crippen LogP contribution >= 0.6 is 11.3 Å². The van der Waals surface area contributed by atoms with Crippen LogP contribution in [0.2, 0.25) is 0 Å². The van der Waals surface area contributed by atoms with Crippen molar-refractivity contribution in [2.75, 3.05) is 0 Å². The maximum atomic E-state index is 9.50. The van der Waals surface area contributed by atoms with Gasteiger partial charge in [0.15, 0.2) is 10.8 Å². The Bertz CT molecular complexity index is 3940. The topological polar surface area (TPSA) is 52.3 Å². The van der Waals surface area contributed by atoms with Crippen LogP contribution in [0.3, 0.4) is 0 Å². The normalized spacial score (nSPS) is 17.8.